The molecule has 0 aliphatic carbocycles. The van der Waals surface area contributed by atoms with Gasteiger partial charge in [0.05, 0.1) is 18.7 Å². The zero-order valence-corrected chi connectivity index (χ0v) is 15.1. The van der Waals surface area contributed by atoms with E-state index in [1.54, 1.807) is 31.5 Å². The number of carbonyl (C=O) groups excluding carboxylic acids is 1. The highest BCUT2D eigenvalue weighted by atomic mass is 16.5. The lowest BCUT2D eigenvalue weighted by atomic mass is 9.95. The number of aromatic nitrogens is 1. The molecule has 26 heavy (non-hydrogen) atoms. The van der Waals surface area contributed by atoms with E-state index in [1.165, 1.54) is 0 Å². The van der Waals surface area contributed by atoms with Gasteiger partial charge in [0.2, 0.25) is 0 Å². The molecule has 6 heteroatoms. The number of methoxy groups -OCH3 is 1. The van der Waals surface area contributed by atoms with Crippen LogP contribution in [0.5, 0.6) is 11.5 Å². The Bertz CT molecular complexity index is 736. The van der Waals surface area contributed by atoms with Crippen LogP contribution in [0.25, 0.3) is 0 Å². The lowest BCUT2D eigenvalue weighted by Crippen LogP contribution is -2.38. The van der Waals surface area contributed by atoms with Crippen LogP contribution in [0.3, 0.4) is 0 Å². The van der Waals surface area contributed by atoms with Gasteiger partial charge >= 0.3 is 0 Å². The highest BCUT2D eigenvalue weighted by molar-refractivity contribution is 5.97. The number of piperidine rings is 1. The topological polar surface area (TPSA) is 77.7 Å². The van der Waals surface area contributed by atoms with Gasteiger partial charge in [0.15, 0.2) is 0 Å². The number of hydrogen-bond acceptors (Lipinski definition) is 5. The zero-order valence-electron chi connectivity index (χ0n) is 15.1. The molecular formula is C20H25N3O3. The second kappa shape index (κ2) is 8.67. The van der Waals surface area contributed by atoms with Crippen molar-refractivity contribution >= 4 is 5.91 Å². The van der Waals surface area contributed by atoms with Gasteiger partial charge in [0.25, 0.3) is 5.91 Å². The summed E-state index contributed by atoms with van der Waals surface area (Å²) in [7, 11) is 1.59. The molecule has 3 rings (SSSR count). The Morgan fingerprint density at radius 3 is 2.96 bits per heavy atom. The van der Waals surface area contributed by atoms with Crippen LogP contribution < -0.4 is 15.2 Å². The SMILES string of the molecule is COc1ccc(C(=O)N2CCCC[C@@H]2c2cccnc2)c(OCCN)c1. The fraction of sp³-hybridized carbons (Fsp3) is 0.400. The van der Waals surface area contributed by atoms with Gasteiger partial charge in [-0.3, -0.25) is 9.78 Å². The van der Waals surface area contributed by atoms with Crippen molar-refractivity contribution in [3.8, 4) is 11.5 Å². The lowest BCUT2D eigenvalue weighted by molar-refractivity contribution is 0.0607. The second-order valence-electron chi connectivity index (χ2n) is 6.30. The van der Waals surface area contributed by atoms with Crippen molar-refractivity contribution in [2.24, 2.45) is 5.73 Å². The van der Waals surface area contributed by atoms with E-state index in [1.807, 2.05) is 23.2 Å². The van der Waals surface area contributed by atoms with Crippen molar-refractivity contribution < 1.29 is 14.3 Å². The molecule has 1 aromatic heterocycles. The first-order valence-electron chi connectivity index (χ1n) is 8.96. The molecule has 2 heterocycles. The predicted molar refractivity (Wildman–Crippen MR) is 99.4 cm³/mol. The Morgan fingerprint density at radius 1 is 1.35 bits per heavy atom. The normalized spacial score (nSPS) is 17.0. The van der Waals surface area contributed by atoms with E-state index in [4.69, 9.17) is 15.2 Å². The van der Waals surface area contributed by atoms with Crippen LogP contribution in [0.4, 0.5) is 0 Å². The molecule has 138 valence electrons. The maximum absolute atomic E-state index is 13.3. The molecule has 1 saturated heterocycles. The van der Waals surface area contributed by atoms with E-state index in [0.717, 1.165) is 31.4 Å². The predicted octanol–water partition coefficient (Wildman–Crippen LogP) is 2.80. The molecule has 0 radical (unpaired) electrons. The quantitative estimate of drug-likeness (QED) is 0.862. The first kappa shape index (κ1) is 18.2. The standard InChI is InChI=1S/C20H25N3O3/c1-25-16-7-8-17(19(13-16)26-12-9-21)20(24)23-11-3-2-6-18(23)15-5-4-10-22-14-15/h4-5,7-8,10,13-14,18H,2-3,6,9,11-12,21H2,1H3/t18-/m1/s1. The van der Waals surface area contributed by atoms with Crippen molar-refractivity contribution in [1.29, 1.82) is 0 Å². The molecule has 2 N–H and O–H groups in total. The van der Waals surface area contributed by atoms with Crippen molar-refractivity contribution in [2.75, 3.05) is 26.8 Å². The summed E-state index contributed by atoms with van der Waals surface area (Å²) in [6, 6.07) is 9.27. The van der Waals surface area contributed by atoms with Crippen LogP contribution in [-0.4, -0.2) is 42.6 Å². The van der Waals surface area contributed by atoms with Gasteiger partial charge in [-0.1, -0.05) is 6.07 Å². The van der Waals surface area contributed by atoms with Gasteiger partial charge in [0, 0.05) is 31.5 Å². The van der Waals surface area contributed by atoms with Crippen LogP contribution in [0.1, 0.15) is 41.2 Å². The Balaban J connectivity index is 1.91. The zero-order chi connectivity index (χ0) is 18.4. The summed E-state index contributed by atoms with van der Waals surface area (Å²) in [4.78, 5) is 19.5. The number of hydrogen-bond donors (Lipinski definition) is 1. The number of nitrogens with zero attached hydrogens (tertiary/aromatic N) is 2. The fourth-order valence-corrected chi connectivity index (χ4v) is 3.34. The van der Waals surface area contributed by atoms with Gasteiger partial charge in [-0.15, -0.1) is 0 Å². The maximum Gasteiger partial charge on any atom is 0.258 e. The molecule has 1 fully saturated rings. The van der Waals surface area contributed by atoms with Gasteiger partial charge < -0.3 is 20.1 Å². The summed E-state index contributed by atoms with van der Waals surface area (Å²) >= 11 is 0. The number of amides is 1. The summed E-state index contributed by atoms with van der Waals surface area (Å²) in [6.07, 6.45) is 6.63. The largest absolute Gasteiger partial charge is 0.497 e. The third kappa shape index (κ3) is 3.96. The van der Waals surface area contributed by atoms with Crippen LogP contribution in [-0.2, 0) is 0 Å². The lowest BCUT2D eigenvalue weighted by Gasteiger charge is -2.36. The van der Waals surface area contributed by atoms with Gasteiger partial charge in [-0.05, 0) is 43.0 Å². The summed E-state index contributed by atoms with van der Waals surface area (Å²) in [5, 5.41) is 0. The van der Waals surface area contributed by atoms with Crippen molar-refractivity contribution in [1.82, 2.24) is 9.88 Å². The smallest absolute Gasteiger partial charge is 0.258 e. The Morgan fingerprint density at radius 2 is 2.23 bits per heavy atom. The number of ether oxygens (including phenoxy) is 2. The molecule has 1 atom stereocenters. The molecule has 1 aliphatic heterocycles. The number of nitrogens with two attached hydrogens (primary N) is 1. The number of rotatable bonds is 6. The van der Waals surface area contributed by atoms with Crippen LogP contribution in [0.2, 0.25) is 0 Å². The Labute approximate surface area is 153 Å². The fourth-order valence-electron chi connectivity index (χ4n) is 3.34. The van der Waals surface area contributed by atoms with E-state index in [0.29, 0.717) is 30.2 Å². The van der Waals surface area contributed by atoms with E-state index in [-0.39, 0.29) is 11.9 Å². The molecule has 1 aromatic carbocycles. The average molecular weight is 355 g/mol. The highest BCUT2D eigenvalue weighted by Crippen LogP contribution is 2.34. The number of carbonyl (C=O) groups is 1. The monoisotopic (exact) mass is 355 g/mol. The molecule has 0 saturated carbocycles. The van der Waals surface area contributed by atoms with Gasteiger partial charge in [0.1, 0.15) is 18.1 Å². The molecule has 1 amide bonds. The van der Waals surface area contributed by atoms with E-state index >= 15 is 0 Å². The second-order valence-corrected chi connectivity index (χ2v) is 6.30. The van der Waals surface area contributed by atoms with Crippen LogP contribution in [0, 0.1) is 0 Å². The van der Waals surface area contributed by atoms with Gasteiger partial charge in [-0.25, -0.2) is 0 Å². The summed E-state index contributed by atoms with van der Waals surface area (Å²) < 4.78 is 11.0. The van der Waals surface area contributed by atoms with E-state index < -0.39 is 0 Å². The molecule has 2 aromatic rings. The van der Waals surface area contributed by atoms with Crippen LogP contribution >= 0.6 is 0 Å². The first-order valence-corrected chi connectivity index (χ1v) is 8.96. The molecule has 1 aliphatic rings. The third-order valence-electron chi connectivity index (χ3n) is 4.63. The van der Waals surface area contributed by atoms with Crippen molar-refractivity contribution in [3.63, 3.8) is 0 Å². The minimum Gasteiger partial charge on any atom is -0.497 e. The summed E-state index contributed by atoms with van der Waals surface area (Å²) in [6.45, 7) is 1.45. The minimum absolute atomic E-state index is 0.0340. The number of pyridine rings is 1. The summed E-state index contributed by atoms with van der Waals surface area (Å²) in [5.41, 5.74) is 7.16. The molecule has 0 unspecified atom stereocenters. The molecule has 0 spiro atoms. The molecule has 6 nitrogen and oxygen atoms in total. The minimum atomic E-state index is -0.0340. The molecular weight excluding hydrogens is 330 g/mol. The Kier molecular flexibility index (Phi) is 6.07. The number of likely N-dealkylation sites (tertiary alicyclic amines) is 1. The van der Waals surface area contributed by atoms with Crippen molar-refractivity contribution in [3.05, 3.63) is 53.9 Å². The van der Waals surface area contributed by atoms with E-state index in [9.17, 15) is 4.79 Å². The number of benzene rings is 1. The Hall–Kier alpha value is -2.60. The highest BCUT2D eigenvalue weighted by Gasteiger charge is 2.30. The third-order valence-corrected chi connectivity index (χ3v) is 4.63. The first-order chi connectivity index (χ1) is 12.7. The summed E-state index contributed by atoms with van der Waals surface area (Å²) in [5.74, 6) is 1.12. The van der Waals surface area contributed by atoms with Crippen LogP contribution in [0.15, 0.2) is 42.7 Å². The van der Waals surface area contributed by atoms with Gasteiger partial charge in [-0.2, -0.15) is 0 Å². The average Bonchev–Trinajstić information content (AvgIpc) is 2.72. The van der Waals surface area contributed by atoms with Crippen molar-refractivity contribution in [2.45, 2.75) is 25.3 Å². The maximum atomic E-state index is 13.3. The van der Waals surface area contributed by atoms with E-state index in [2.05, 4.69) is 4.98 Å². The molecule has 0 bridgehead atoms.